The summed E-state index contributed by atoms with van der Waals surface area (Å²) in [5.74, 6) is 1.21. The van der Waals surface area contributed by atoms with Crippen molar-refractivity contribution in [1.29, 1.82) is 0 Å². The number of rotatable bonds is 5. The van der Waals surface area contributed by atoms with Crippen molar-refractivity contribution in [2.45, 2.75) is 58.0 Å². The smallest absolute Gasteiger partial charge is 0.252 e. The lowest BCUT2D eigenvalue weighted by atomic mass is 9.86. The first-order chi connectivity index (χ1) is 16.8. The van der Waals surface area contributed by atoms with E-state index in [4.69, 9.17) is 14.8 Å². The Balaban J connectivity index is 1.63. The van der Waals surface area contributed by atoms with Gasteiger partial charge in [-0.1, -0.05) is 19.8 Å². The van der Waals surface area contributed by atoms with E-state index in [0.717, 1.165) is 30.6 Å². The summed E-state index contributed by atoms with van der Waals surface area (Å²) in [4.78, 5) is 18.6. The highest BCUT2D eigenvalue weighted by atomic mass is 32.2. The number of hydrogen-bond donors (Lipinski definition) is 1. The molecule has 1 saturated carbocycles. The number of methoxy groups -OCH3 is 1. The Hall–Kier alpha value is -2.94. The van der Waals surface area contributed by atoms with E-state index in [9.17, 15) is 13.2 Å². The molecule has 0 spiro atoms. The molecule has 186 valence electrons. The summed E-state index contributed by atoms with van der Waals surface area (Å²) in [6.45, 7) is 4.05. The van der Waals surface area contributed by atoms with E-state index in [1.165, 1.54) is 6.42 Å². The van der Waals surface area contributed by atoms with Gasteiger partial charge in [-0.2, -0.15) is 5.10 Å². The molecule has 1 amide bonds. The van der Waals surface area contributed by atoms with Gasteiger partial charge in [0.15, 0.2) is 15.5 Å². The fourth-order valence-electron chi connectivity index (χ4n) is 5.40. The van der Waals surface area contributed by atoms with Crippen LogP contribution in [0.2, 0.25) is 0 Å². The van der Waals surface area contributed by atoms with Crippen molar-refractivity contribution >= 4 is 26.8 Å². The van der Waals surface area contributed by atoms with E-state index in [1.807, 2.05) is 37.3 Å². The van der Waals surface area contributed by atoms with Crippen LogP contribution in [0.4, 0.5) is 0 Å². The van der Waals surface area contributed by atoms with Gasteiger partial charge in [-0.15, -0.1) is 0 Å². The summed E-state index contributed by atoms with van der Waals surface area (Å²) in [7, 11) is -1.49. The van der Waals surface area contributed by atoms with E-state index in [-0.39, 0.29) is 29.5 Å². The summed E-state index contributed by atoms with van der Waals surface area (Å²) in [6.07, 6.45) is 4.90. The van der Waals surface area contributed by atoms with Crippen molar-refractivity contribution in [2.75, 3.05) is 18.6 Å². The summed E-state index contributed by atoms with van der Waals surface area (Å²) in [5.41, 5.74) is 3.25. The van der Waals surface area contributed by atoms with Crippen LogP contribution >= 0.6 is 0 Å². The molecule has 2 aliphatic rings. The number of fused-ring (bicyclic) bond motifs is 1. The normalized spacial score (nSPS) is 23.9. The fraction of sp³-hybridized carbons (Fsp3) is 0.500. The van der Waals surface area contributed by atoms with Crippen LogP contribution in [0.25, 0.3) is 22.3 Å². The van der Waals surface area contributed by atoms with Crippen LogP contribution in [-0.2, 0) is 9.84 Å². The maximum Gasteiger partial charge on any atom is 0.252 e. The number of aryl methyl sites for hydroxylation is 1. The van der Waals surface area contributed by atoms with Gasteiger partial charge in [0.25, 0.3) is 5.91 Å². The van der Waals surface area contributed by atoms with Crippen molar-refractivity contribution < 1.29 is 17.9 Å². The Morgan fingerprint density at radius 1 is 1.14 bits per heavy atom. The Kier molecular flexibility index (Phi) is 6.29. The van der Waals surface area contributed by atoms with Gasteiger partial charge in [0.2, 0.25) is 0 Å². The van der Waals surface area contributed by atoms with Gasteiger partial charge >= 0.3 is 0 Å². The molecule has 0 unspecified atom stereocenters. The number of nitrogens with one attached hydrogen (secondary N) is 1. The molecule has 1 saturated heterocycles. The Morgan fingerprint density at radius 3 is 2.54 bits per heavy atom. The second kappa shape index (κ2) is 9.26. The Labute approximate surface area is 206 Å². The monoisotopic (exact) mass is 496 g/mol. The molecule has 8 nitrogen and oxygen atoms in total. The zero-order valence-electron chi connectivity index (χ0n) is 20.5. The number of ether oxygens (including phenoxy) is 1. The van der Waals surface area contributed by atoms with Crippen molar-refractivity contribution in [3.05, 3.63) is 41.6 Å². The van der Waals surface area contributed by atoms with Crippen LogP contribution < -0.4 is 10.1 Å². The number of amides is 1. The average molecular weight is 497 g/mol. The Morgan fingerprint density at radius 2 is 1.89 bits per heavy atom. The quantitative estimate of drug-likeness (QED) is 0.571. The number of nitrogens with zero attached hydrogens (tertiary/aromatic N) is 3. The number of carbonyl (C=O) groups excluding carboxylic acids is 1. The molecule has 9 heteroatoms. The molecule has 3 atom stereocenters. The lowest BCUT2D eigenvalue weighted by Gasteiger charge is -2.29. The van der Waals surface area contributed by atoms with Crippen LogP contribution in [0, 0.1) is 12.8 Å². The average Bonchev–Trinajstić information content (AvgIpc) is 3.38. The first-order valence-corrected chi connectivity index (χ1v) is 14.1. The fourth-order valence-corrected chi connectivity index (χ4v) is 7.09. The predicted octanol–water partition coefficient (Wildman–Crippen LogP) is 4.08. The van der Waals surface area contributed by atoms with E-state index in [0.29, 0.717) is 40.3 Å². The van der Waals surface area contributed by atoms with Gasteiger partial charge in [-0.25, -0.2) is 18.1 Å². The lowest BCUT2D eigenvalue weighted by molar-refractivity contribution is 0.0912. The maximum absolute atomic E-state index is 13.7. The zero-order valence-corrected chi connectivity index (χ0v) is 21.3. The molecule has 35 heavy (non-hydrogen) atoms. The van der Waals surface area contributed by atoms with Crippen LogP contribution in [0.3, 0.4) is 0 Å². The molecule has 2 aromatic heterocycles. The molecule has 5 rings (SSSR count). The molecule has 1 aromatic carbocycles. The second-order valence-electron chi connectivity index (χ2n) is 9.91. The predicted molar refractivity (Wildman–Crippen MR) is 135 cm³/mol. The van der Waals surface area contributed by atoms with Gasteiger partial charge < -0.3 is 10.1 Å². The van der Waals surface area contributed by atoms with Gasteiger partial charge in [0.1, 0.15) is 5.75 Å². The Bertz CT molecular complexity index is 1360. The van der Waals surface area contributed by atoms with Crippen molar-refractivity contribution in [3.8, 4) is 17.0 Å². The van der Waals surface area contributed by atoms with E-state index >= 15 is 0 Å². The van der Waals surface area contributed by atoms with E-state index < -0.39 is 9.84 Å². The number of aromatic nitrogens is 3. The number of hydrogen-bond acceptors (Lipinski definition) is 6. The molecular weight excluding hydrogens is 464 g/mol. The molecule has 0 bridgehead atoms. The highest BCUT2D eigenvalue weighted by molar-refractivity contribution is 7.91. The summed E-state index contributed by atoms with van der Waals surface area (Å²) in [6, 6.07) is 9.21. The molecule has 2 fully saturated rings. The summed E-state index contributed by atoms with van der Waals surface area (Å²) in [5, 5.41) is 8.66. The standard InChI is InChI=1S/C26H32N4O4S/c1-16-6-4-5-7-22(16)28-26(31)21-14-23(18-8-10-20(34-3)11-9-18)27-25-24(21)17(2)29-30(25)19-12-13-35(32,33)15-19/h8-11,14,16,19,22H,4-7,12-13,15H2,1-3H3,(H,28,31)/t16-,19+,22-/m0/s1. The zero-order chi connectivity index (χ0) is 24.7. The third-order valence-corrected chi connectivity index (χ3v) is 9.20. The number of pyridine rings is 1. The number of sulfone groups is 1. The number of carbonyl (C=O) groups is 1. The molecular formula is C26H32N4O4S. The van der Waals surface area contributed by atoms with Gasteiger partial charge in [-0.3, -0.25) is 4.79 Å². The first-order valence-electron chi connectivity index (χ1n) is 12.3. The summed E-state index contributed by atoms with van der Waals surface area (Å²) >= 11 is 0. The number of benzene rings is 1. The third-order valence-electron chi connectivity index (χ3n) is 7.45. The van der Waals surface area contributed by atoms with E-state index in [1.54, 1.807) is 11.8 Å². The van der Waals surface area contributed by atoms with Crippen LogP contribution in [0.15, 0.2) is 30.3 Å². The molecule has 3 aromatic rings. The first kappa shape index (κ1) is 23.8. The van der Waals surface area contributed by atoms with E-state index in [2.05, 4.69) is 12.2 Å². The highest BCUT2D eigenvalue weighted by Crippen LogP contribution is 2.33. The van der Waals surface area contributed by atoms with Crippen molar-refractivity contribution in [1.82, 2.24) is 20.1 Å². The second-order valence-corrected chi connectivity index (χ2v) is 12.1. The molecule has 1 N–H and O–H groups in total. The molecule has 3 heterocycles. The van der Waals surface area contributed by atoms with Crippen LogP contribution in [0.5, 0.6) is 5.75 Å². The summed E-state index contributed by atoms with van der Waals surface area (Å²) < 4.78 is 31.4. The van der Waals surface area contributed by atoms with Crippen LogP contribution in [0.1, 0.15) is 61.1 Å². The topological polar surface area (TPSA) is 103 Å². The van der Waals surface area contributed by atoms with Gasteiger partial charge in [-0.05, 0) is 62.4 Å². The van der Waals surface area contributed by atoms with Gasteiger partial charge in [0.05, 0.1) is 47.0 Å². The minimum absolute atomic E-state index is 0.0405. The minimum Gasteiger partial charge on any atom is -0.497 e. The van der Waals surface area contributed by atoms with Crippen molar-refractivity contribution in [3.63, 3.8) is 0 Å². The van der Waals surface area contributed by atoms with Gasteiger partial charge in [0, 0.05) is 11.6 Å². The molecule has 1 aliphatic carbocycles. The highest BCUT2D eigenvalue weighted by Gasteiger charge is 2.33. The molecule has 1 aliphatic heterocycles. The largest absolute Gasteiger partial charge is 0.497 e. The lowest BCUT2D eigenvalue weighted by Crippen LogP contribution is -2.41. The van der Waals surface area contributed by atoms with Crippen LogP contribution in [-0.4, -0.2) is 53.7 Å². The SMILES string of the molecule is COc1ccc(-c2cc(C(=O)N[C@H]3CCCC[C@@H]3C)c3c(C)nn([C@@H]4CCS(=O)(=O)C4)c3n2)cc1. The third kappa shape index (κ3) is 4.66. The van der Waals surface area contributed by atoms with Crippen molar-refractivity contribution in [2.24, 2.45) is 5.92 Å². The minimum atomic E-state index is -3.11. The maximum atomic E-state index is 13.7. The molecule has 0 radical (unpaired) electrons.